The summed E-state index contributed by atoms with van der Waals surface area (Å²) in [7, 11) is 7.85. The smallest absolute Gasteiger partial charge is 0.203 e. The molecule has 3 aromatic rings. The van der Waals surface area contributed by atoms with E-state index in [1.165, 1.54) is 27.4 Å². The molecule has 2 aliphatic heterocycles. The number of methoxy groups -OCH3 is 5. The highest BCUT2D eigenvalue weighted by molar-refractivity contribution is 6.07. The van der Waals surface area contributed by atoms with Crippen LogP contribution in [0.4, 0.5) is 0 Å². The summed E-state index contributed by atoms with van der Waals surface area (Å²) in [6.07, 6.45) is 8.11. The monoisotopic (exact) mass is 572 g/mol. The van der Waals surface area contributed by atoms with Crippen molar-refractivity contribution < 1.29 is 38.0 Å². The van der Waals surface area contributed by atoms with Crippen LogP contribution < -0.4 is 33.2 Å². The molecule has 0 amide bonds. The zero-order valence-corrected chi connectivity index (χ0v) is 25.0. The topological polar surface area (TPSA) is 81.7 Å². The van der Waals surface area contributed by atoms with Crippen molar-refractivity contribution in [1.82, 2.24) is 0 Å². The largest absolute Gasteiger partial charge is 0.497 e. The summed E-state index contributed by atoms with van der Waals surface area (Å²) < 4.78 is 40.1. The van der Waals surface area contributed by atoms with E-state index in [1.807, 2.05) is 50.3 Å². The average Bonchev–Trinajstić information content (AvgIpc) is 3.01. The van der Waals surface area contributed by atoms with Crippen LogP contribution in [0.3, 0.4) is 0 Å². The van der Waals surface area contributed by atoms with Crippen LogP contribution in [0.5, 0.6) is 40.2 Å². The maximum Gasteiger partial charge on any atom is 0.203 e. The van der Waals surface area contributed by atoms with Gasteiger partial charge in [-0.15, -0.1) is 0 Å². The minimum Gasteiger partial charge on any atom is -0.497 e. The molecule has 2 heterocycles. The molecule has 0 aliphatic carbocycles. The normalized spacial score (nSPS) is 16.5. The van der Waals surface area contributed by atoms with Crippen LogP contribution in [0, 0.1) is 0 Å². The molecule has 8 nitrogen and oxygen atoms in total. The second kappa shape index (κ2) is 11.7. The third-order valence-electron chi connectivity index (χ3n) is 7.53. The molecule has 0 radical (unpaired) electrons. The maximum atomic E-state index is 13.4. The SMILES string of the molecule is COc1ccc([C@@H]2COc3c(cc(/C=C/C(=O)c4cc(OC)c(OC)c(OC)c4)c4c3C=CC(C)(C)O4)C2)c(OC)c1. The highest BCUT2D eigenvalue weighted by atomic mass is 16.5. The third-order valence-corrected chi connectivity index (χ3v) is 7.53. The van der Waals surface area contributed by atoms with E-state index in [0.717, 1.165) is 45.9 Å². The van der Waals surface area contributed by atoms with Gasteiger partial charge in [0.05, 0.1) is 47.7 Å². The van der Waals surface area contributed by atoms with Crippen LogP contribution in [-0.4, -0.2) is 53.5 Å². The molecule has 0 bridgehead atoms. The molecule has 0 saturated heterocycles. The van der Waals surface area contributed by atoms with E-state index in [0.29, 0.717) is 35.2 Å². The van der Waals surface area contributed by atoms with E-state index in [2.05, 4.69) is 0 Å². The Balaban J connectivity index is 1.53. The van der Waals surface area contributed by atoms with Crippen LogP contribution >= 0.6 is 0 Å². The fourth-order valence-electron chi connectivity index (χ4n) is 5.39. The third kappa shape index (κ3) is 5.49. The first kappa shape index (κ1) is 28.9. The summed E-state index contributed by atoms with van der Waals surface area (Å²) in [5, 5.41) is 0. The number of allylic oxidation sites excluding steroid dienone is 1. The van der Waals surface area contributed by atoms with Gasteiger partial charge in [0.25, 0.3) is 0 Å². The zero-order chi connectivity index (χ0) is 30.0. The molecule has 8 heteroatoms. The van der Waals surface area contributed by atoms with Crippen LogP contribution in [0.25, 0.3) is 12.2 Å². The van der Waals surface area contributed by atoms with Crippen LogP contribution in [0.2, 0.25) is 0 Å². The van der Waals surface area contributed by atoms with Gasteiger partial charge in [-0.25, -0.2) is 0 Å². The summed E-state index contributed by atoms with van der Waals surface area (Å²) in [6.45, 7) is 4.48. The summed E-state index contributed by atoms with van der Waals surface area (Å²) >= 11 is 0. The van der Waals surface area contributed by atoms with Crippen molar-refractivity contribution in [3.8, 4) is 40.2 Å². The number of rotatable bonds is 9. The number of hydrogen-bond donors (Lipinski definition) is 0. The van der Waals surface area contributed by atoms with Gasteiger partial charge in [0.15, 0.2) is 17.3 Å². The van der Waals surface area contributed by atoms with Gasteiger partial charge >= 0.3 is 0 Å². The number of ketones is 1. The van der Waals surface area contributed by atoms with Gasteiger partial charge in [0, 0.05) is 28.7 Å². The molecule has 220 valence electrons. The summed E-state index contributed by atoms with van der Waals surface area (Å²) in [4.78, 5) is 13.4. The fraction of sp³-hybridized carbons (Fsp3) is 0.324. The Bertz CT molecular complexity index is 1540. The van der Waals surface area contributed by atoms with E-state index in [1.54, 1.807) is 32.4 Å². The van der Waals surface area contributed by atoms with E-state index in [4.69, 9.17) is 33.2 Å². The molecule has 0 aromatic heterocycles. The van der Waals surface area contributed by atoms with E-state index >= 15 is 0 Å². The molecule has 1 atom stereocenters. The number of carbonyl (C=O) groups excluding carboxylic acids is 1. The van der Waals surface area contributed by atoms with Crippen molar-refractivity contribution in [2.75, 3.05) is 42.2 Å². The summed E-state index contributed by atoms with van der Waals surface area (Å²) in [6, 6.07) is 11.2. The number of carbonyl (C=O) groups is 1. The average molecular weight is 573 g/mol. The molecular weight excluding hydrogens is 536 g/mol. The zero-order valence-electron chi connectivity index (χ0n) is 25.0. The Kier molecular flexibility index (Phi) is 8.07. The van der Waals surface area contributed by atoms with E-state index in [9.17, 15) is 4.79 Å². The minimum atomic E-state index is -0.516. The molecule has 0 fully saturated rings. The molecule has 5 rings (SSSR count). The van der Waals surface area contributed by atoms with Crippen molar-refractivity contribution in [1.29, 1.82) is 0 Å². The van der Waals surface area contributed by atoms with Gasteiger partial charge in [-0.1, -0.05) is 6.07 Å². The van der Waals surface area contributed by atoms with Crippen molar-refractivity contribution >= 4 is 17.9 Å². The van der Waals surface area contributed by atoms with E-state index in [-0.39, 0.29) is 11.7 Å². The lowest BCUT2D eigenvalue weighted by atomic mass is 9.86. The van der Waals surface area contributed by atoms with Crippen LogP contribution in [0.1, 0.15) is 52.4 Å². The second-order valence-electron chi connectivity index (χ2n) is 10.7. The Hall–Kier alpha value is -4.59. The van der Waals surface area contributed by atoms with Crippen LogP contribution in [-0.2, 0) is 6.42 Å². The minimum absolute atomic E-state index is 0.0685. The Morgan fingerprint density at radius 3 is 2.24 bits per heavy atom. The first-order chi connectivity index (χ1) is 20.2. The molecule has 0 spiro atoms. The van der Waals surface area contributed by atoms with Crippen molar-refractivity contribution in [2.24, 2.45) is 0 Å². The molecule has 42 heavy (non-hydrogen) atoms. The van der Waals surface area contributed by atoms with Gasteiger partial charge < -0.3 is 33.2 Å². The van der Waals surface area contributed by atoms with E-state index < -0.39 is 5.60 Å². The lowest BCUT2D eigenvalue weighted by Crippen LogP contribution is -2.29. The van der Waals surface area contributed by atoms with Gasteiger partial charge in [-0.3, -0.25) is 4.79 Å². The Labute approximate surface area is 246 Å². The van der Waals surface area contributed by atoms with Crippen molar-refractivity contribution in [3.63, 3.8) is 0 Å². The number of fused-ring (bicyclic) bond motifs is 3. The molecule has 3 aromatic carbocycles. The molecular formula is C34H36O8. The predicted octanol–water partition coefficient (Wildman–Crippen LogP) is 6.53. The highest BCUT2D eigenvalue weighted by Gasteiger charge is 2.32. The molecule has 0 saturated carbocycles. The predicted molar refractivity (Wildman–Crippen MR) is 161 cm³/mol. The van der Waals surface area contributed by atoms with Crippen molar-refractivity contribution in [3.05, 3.63) is 76.4 Å². The molecule has 2 aliphatic rings. The summed E-state index contributed by atoms with van der Waals surface area (Å²) in [5.41, 5.74) is 3.61. The number of benzene rings is 3. The molecule has 0 unspecified atom stereocenters. The number of ether oxygens (including phenoxy) is 7. The Morgan fingerprint density at radius 2 is 1.60 bits per heavy atom. The van der Waals surface area contributed by atoms with Gasteiger partial charge in [-0.05, 0) is 74.4 Å². The highest BCUT2D eigenvalue weighted by Crippen LogP contribution is 2.47. The first-order valence-corrected chi connectivity index (χ1v) is 13.7. The lowest BCUT2D eigenvalue weighted by Gasteiger charge is -2.34. The first-order valence-electron chi connectivity index (χ1n) is 13.7. The second-order valence-corrected chi connectivity index (χ2v) is 10.7. The number of hydrogen-bond acceptors (Lipinski definition) is 8. The lowest BCUT2D eigenvalue weighted by molar-refractivity contribution is 0.104. The summed E-state index contributed by atoms with van der Waals surface area (Å²) in [5.74, 6) is 4.06. The van der Waals surface area contributed by atoms with Gasteiger partial charge in [0.2, 0.25) is 5.75 Å². The molecule has 0 N–H and O–H groups in total. The van der Waals surface area contributed by atoms with Gasteiger partial charge in [-0.2, -0.15) is 0 Å². The van der Waals surface area contributed by atoms with Crippen molar-refractivity contribution in [2.45, 2.75) is 31.8 Å². The van der Waals surface area contributed by atoms with Gasteiger partial charge in [0.1, 0.15) is 28.6 Å². The Morgan fingerprint density at radius 1 is 0.881 bits per heavy atom. The maximum absolute atomic E-state index is 13.4. The fourth-order valence-corrected chi connectivity index (χ4v) is 5.39. The standard InChI is InChI=1S/C34H36O8/c1-34(2)13-12-26-31-22(15-23(19-41-31)25-10-9-24(36-3)18-28(25)37-4)14-20(32(26)42-34)8-11-27(35)21-16-29(38-5)33(40-7)30(17-21)39-6/h8-14,16-18,23H,15,19H2,1-7H3/b11-8+/t23-/m0/s1. The quantitative estimate of drug-likeness (QED) is 0.212. The van der Waals surface area contributed by atoms with Crippen LogP contribution in [0.15, 0.2) is 48.6 Å².